The molecule has 6 rings (SSSR count). The van der Waals surface area contributed by atoms with Crippen molar-refractivity contribution in [3.05, 3.63) is 47.5 Å². The molecule has 0 spiro atoms. The van der Waals surface area contributed by atoms with Gasteiger partial charge < -0.3 is 24.4 Å². The van der Waals surface area contributed by atoms with E-state index in [1.807, 2.05) is 12.1 Å². The molecule has 0 unspecified atom stereocenters. The van der Waals surface area contributed by atoms with Crippen LogP contribution in [0.3, 0.4) is 0 Å². The van der Waals surface area contributed by atoms with E-state index in [0.29, 0.717) is 29.4 Å². The summed E-state index contributed by atoms with van der Waals surface area (Å²) < 4.78 is 32.2. The lowest BCUT2D eigenvalue weighted by molar-refractivity contribution is 0.0295. The van der Waals surface area contributed by atoms with E-state index in [0.717, 1.165) is 109 Å². The lowest BCUT2D eigenvalue weighted by atomic mass is 10.1. The molecular formula is C32H43ClFN7O3. The molecule has 2 aromatic carbocycles. The molecule has 44 heavy (non-hydrogen) atoms. The average molecular weight is 628 g/mol. The summed E-state index contributed by atoms with van der Waals surface area (Å²) >= 11 is 6.04. The van der Waals surface area contributed by atoms with Gasteiger partial charge in [0.2, 0.25) is 0 Å². The summed E-state index contributed by atoms with van der Waals surface area (Å²) in [7, 11) is 2.13. The summed E-state index contributed by atoms with van der Waals surface area (Å²) in [4.78, 5) is 18.9. The first kappa shape index (κ1) is 31.2. The number of halogens is 2. The lowest BCUT2D eigenvalue weighted by Gasteiger charge is -2.36. The summed E-state index contributed by atoms with van der Waals surface area (Å²) in [5.41, 5.74) is 1.34. The third-order valence-electron chi connectivity index (χ3n) is 8.79. The van der Waals surface area contributed by atoms with Crippen molar-refractivity contribution in [2.75, 3.05) is 104 Å². The Morgan fingerprint density at radius 2 is 1.61 bits per heavy atom. The smallest absolute Gasteiger partial charge is 0.145 e. The monoisotopic (exact) mass is 627 g/mol. The molecule has 1 aromatic heterocycles. The standard InChI is InChI=1S/C32H43ClFN7O3/c1-38-6-4-25(5-7-38)44-30-22-26(21-29-31(30)32(36-23-35-29)37-24-2-3-28(34)27(33)20-24)43-19-16-40-11-8-39(9-12-40)10-13-41-14-17-42-18-15-41/h2-3,20-23,25H,4-19H2,1H3,(H,35,36,37). The molecule has 12 heteroatoms. The largest absolute Gasteiger partial charge is 0.492 e. The maximum atomic E-state index is 13.8. The van der Waals surface area contributed by atoms with Crippen molar-refractivity contribution in [3.8, 4) is 11.5 Å². The number of rotatable bonds is 11. The van der Waals surface area contributed by atoms with Crippen LogP contribution in [-0.2, 0) is 4.74 Å². The molecule has 3 fully saturated rings. The molecule has 4 heterocycles. The minimum absolute atomic E-state index is 0.0428. The summed E-state index contributed by atoms with van der Waals surface area (Å²) in [5.74, 6) is 1.50. The minimum atomic E-state index is -0.469. The van der Waals surface area contributed by atoms with Crippen molar-refractivity contribution in [1.82, 2.24) is 29.6 Å². The van der Waals surface area contributed by atoms with Crippen LogP contribution in [0.25, 0.3) is 10.9 Å². The van der Waals surface area contributed by atoms with Crippen LogP contribution >= 0.6 is 11.6 Å². The van der Waals surface area contributed by atoms with Crippen LogP contribution in [0.15, 0.2) is 36.7 Å². The Morgan fingerprint density at radius 3 is 2.34 bits per heavy atom. The van der Waals surface area contributed by atoms with Gasteiger partial charge in [-0.15, -0.1) is 0 Å². The van der Waals surface area contributed by atoms with Gasteiger partial charge in [0.1, 0.15) is 42.2 Å². The fourth-order valence-corrected chi connectivity index (χ4v) is 6.21. The van der Waals surface area contributed by atoms with Gasteiger partial charge in [-0.1, -0.05) is 11.6 Å². The second-order valence-corrected chi connectivity index (χ2v) is 12.3. The van der Waals surface area contributed by atoms with Gasteiger partial charge in [-0.05, 0) is 38.1 Å². The van der Waals surface area contributed by atoms with Crippen molar-refractivity contribution in [2.24, 2.45) is 0 Å². The molecule has 10 nitrogen and oxygen atoms in total. The van der Waals surface area contributed by atoms with E-state index in [-0.39, 0.29) is 11.1 Å². The Morgan fingerprint density at radius 1 is 0.909 bits per heavy atom. The van der Waals surface area contributed by atoms with Gasteiger partial charge in [0, 0.05) is 89.8 Å². The number of aromatic nitrogens is 2. The van der Waals surface area contributed by atoms with E-state index in [2.05, 4.69) is 41.9 Å². The fourth-order valence-electron chi connectivity index (χ4n) is 6.03. The van der Waals surface area contributed by atoms with Crippen LogP contribution in [0.1, 0.15) is 12.8 Å². The highest BCUT2D eigenvalue weighted by Gasteiger charge is 2.22. The van der Waals surface area contributed by atoms with Gasteiger partial charge >= 0.3 is 0 Å². The molecule has 0 saturated carbocycles. The van der Waals surface area contributed by atoms with Crippen molar-refractivity contribution < 1.29 is 18.6 Å². The molecule has 0 amide bonds. The third kappa shape index (κ3) is 8.26. The van der Waals surface area contributed by atoms with Crippen molar-refractivity contribution in [2.45, 2.75) is 18.9 Å². The van der Waals surface area contributed by atoms with Gasteiger partial charge in [-0.2, -0.15) is 0 Å². The molecule has 3 aromatic rings. The topological polar surface area (TPSA) is 78.5 Å². The third-order valence-corrected chi connectivity index (χ3v) is 9.08. The number of hydrogen-bond acceptors (Lipinski definition) is 10. The molecule has 0 aliphatic carbocycles. The molecule has 0 radical (unpaired) electrons. The van der Waals surface area contributed by atoms with Gasteiger partial charge in [-0.25, -0.2) is 14.4 Å². The number of morpholine rings is 1. The summed E-state index contributed by atoms with van der Waals surface area (Å²) in [6.07, 6.45) is 3.46. The normalized spacial score (nSPS) is 19.8. The highest BCUT2D eigenvalue weighted by Crippen LogP contribution is 2.37. The van der Waals surface area contributed by atoms with Gasteiger partial charge in [0.25, 0.3) is 0 Å². The zero-order chi connectivity index (χ0) is 30.3. The molecule has 3 aliphatic rings. The number of ether oxygens (including phenoxy) is 3. The number of likely N-dealkylation sites (tertiary alicyclic amines) is 1. The van der Waals surface area contributed by atoms with Gasteiger partial charge in [-0.3, -0.25) is 14.7 Å². The average Bonchev–Trinajstić information content (AvgIpc) is 3.04. The summed E-state index contributed by atoms with van der Waals surface area (Å²) in [6, 6.07) is 8.40. The van der Waals surface area contributed by atoms with Crippen molar-refractivity contribution >= 4 is 34.0 Å². The minimum Gasteiger partial charge on any atom is -0.492 e. The Bertz CT molecular complexity index is 1380. The zero-order valence-corrected chi connectivity index (χ0v) is 26.3. The molecule has 238 valence electrons. The summed E-state index contributed by atoms with van der Waals surface area (Å²) in [6.45, 7) is 13.7. The Hall–Kier alpha value is -2.80. The van der Waals surface area contributed by atoms with Crippen LogP contribution in [-0.4, -0.2) is 135 Å². The molecule has 3 saturated heterocycles. The maximum Gasteiger partial charge on any atom is 0.145 e. The second kappa shape index (κ2) is 15.0. The fraction of sp³-hybridized carbons (Fsp3) is 0.562. The van der Waals surface area contributed by atoms with E-state index >= 15 is 0 Å². The number of piperidine rings is 1. The maximum absolute atomic E-state index is 13.8. The Kier molecular flexibility index (Phi) is 10.6. The molecule has 1 N–H and O–H groups in total. The Balaban J connectivity index is 1.10. The predicted octanol–water partition coefficient (Wildman–Crippen LogP) is 3.97. The Labute approximate surface area is 264 Å². The highest BCUT2D eigenvalue weighted by atomic mass is 35.5. The zero-order valence-electron chi connectivity index (χ0n) is 25.5. The first-order valence-corrected chi connectivity index (χ1v) is 16.1. The quantitative estimate of drug-likeness (QED) is 0.338. The van der Waals surface area contributed by atoms with Gasteiger partial charge in [0.15, 0.2) is 0 Å². The highest BCUT2D eigenvalue weighted by molar-refractivity contribution is 6.31. The number of nitrogens with zero attached hydrogens (tertiary/aromatic N) is 6. The van der Waals surface area contributed by atoms with Crippen LogP contribution in [0.5, 0.6) is 11.5 Å². The van der Waals surface area contributed by atoms with Crippen LogP contribution in [0, 0.1) is 5.82 Å². The van der Waals surface area contributed by atoms with E-state index in [4.69, 9.17) is 25.8 Å². The van der Waals surface area contributed by atoms with E-state index in [1.165, 1.54) is 12.4 Å². The SMILES string of the molecule is CN1CCC(Oc2cc(OCCN3CCN(CCN4CCOCC4)CC3)cc3ncnc(Nc4ccc(F)c(Cl)c4)c23)CC1. The number of anilines is 2. The van der Waals surface area contributed by atoms with Crippen molar-refractivity contribution in [3.63, 3.8) is 0 Å². The van der Waals surface area contributed by atoms with Crippen LogP contribution in [0.2, 0.25) is 5.02 Å². The first-order chi connectivity index (χ1) is 21.5. The summed E-state index contributed by atoms with van der Waals surface area (Å²) in [5, 5.41) is 4.09. The number of piperazine rings is 1. The van der Waals surface area contributed by atoms with E-state index in [1.54, 1.807) is 12.1 Å². The van der Waals surface area contributed by atoms with Crippen LogP contribution < -0.4 is 14.8 Å². The molecule has 0 atom stereocenters. The van der Waals surface area contributed by atoms with E-state index < -0.39 is 5.82 Å². The second-order valence-electron chi connectivity index (χ2n) is 11.9. The molecule has 0 bridgehead atoms. The first-order valence-electron chi connectivity index (χ1n) is 15.7. The number of benzene rings is 2. The predicted molar refractivity (Wildman–Crippen MR) is 171 cm³/mol. The van der Waals surface area contributed by atoms with Crippen LogP contribution in [0.4, 0.5) is 15.9 Å². The lowest BCUT2D eigenvalue weighted by Crippen LogP contribution is -2.50. The van der Waals surface area contributed by atoms with E-state index in [9.17, 15) is 4.39 Å². The van der Waals surface area contributed by atoms with Gasteiger partial charge in [0.05, 0.1) is 29.1 Å². The number of fused-ring (bicyclic) bond motifs is 1. The molecule has 3 aliphatic heterocycles. The number of hydrogen-bond donors (Lipinski definition) is 1. The van der Waals surface area contributed by atoms with Crippen molar-refractivity contribution in [1.29, 1.82) is 0 Å². The molecular weight excluding hydrogens is 585 g/mol. The number of nitrogens with one attached hydrogen (secondary N) is 1.